The van der Waals surface area contributed by atoms with Gasteiger partial charge >= 0.3 is 20.1 Å². The van der Waals surface area contributed by atoms with Gasteiger partial charge in [-0.25, -0.2) is 0 Å². The molecule has 4 aromatic rings. The Kier molecular flexibility index (Phi) is 19.2. The molecule has 223 valence electrons. The molecule has 0 atom stereocenters. The van der Waals surface area contributed by atoms with Crippen LogP contribution < -0.4 is 10.2 Å². The molecule has 10 nitrogen and oxygen atoms in total. The van der Waals surface area contributed by atoms with Crippen LogP contribution in [0.1, 0.15) is 26.7 Å². The maximum absolute atomic E-state index is 10.1. The zero-order valence-electron chi connectivity index (χ0n) is 23.3. The summed E-state index contributed by atoms with van der Waals surface area (Å²) in [6, 6.07) is 32.2. The van der Waals surface area contributed by atoms with E-state index < -0.39 is 47.9 Å². The molecule has 0 aliphatic rings. The first-order chi connectivity index (χ1) is 20.0. The van der Waals surface area contributed by atoms with E-state index in [0.29, 0.717) is 0 Å². The van der Waals surface area contributed by atoms with Gasteiger partial charge in [0.15, 0.2) is 11.6 Å². The van der Waals surface area contributed by atoms with Crippen LogP contribution in [-0.2, 0) is 48.9 Å². The van der Waals surface area contributed by atoms with E-state index in [2.05, 4.69) is 34.2 Å². The molecule has 43 heavy (non-hydrogen) atoms. The average Bonchev–Trinajstić information content (AvgIpc) is 2.99. The molecule has 0 aliphatic heterocycles. The predicted octanol–water partition coefficient (Wildman–Crippen LogP) is 2.06. The van der Waals surface area contributed by atoms with E-state index in [1.807, 2.05) is 85.2 Å². The second-order valence-corrected chi connectivity index (χ2v) is 8.34. The van der Waals surface area contributed by atoms with Crippen LogP contribution in [0.5, 0.6) is 0 Å². The number of hydrogen-bond donors (Lipinski definition) is 0. The molecular formula is C32H28IrN2O8. The third-order valence-electron chi connectivity index (χ3n) is 4.74. The molecule has 4 rings (SSSR count). The molecule has 0 fully saturated rings. The van der Waals surface area contributed by atoms with Crippen LogP contribution >= 0.6 is 0 Å². The summed E-state index contributed by atoms with van der Waals surface area (Å²) < 4.78 is 0. The van der Waals surface area contributed by atoms with Gasteiger partial charge < -0.3 is 19.8 Å². The van der Waals surface area contributed by atoms with Crippen LogP contribution in [0.25, 0.3) is 22.5 Å². The van der Waals surface area contributed by atoms with Gasteiger partial charge in [-0.3, -0.25) is 29.1 Å². The number of benzene rings is 2. The Morgan fingerprint density at radius 2 is 0.814 bits per heavy atom. The van der Waals surface area contributed by atoms with Gasteiger partial charge in [-0.15, -0.1) is 0 Å². The van der Waals surface area contributed by atoms with E-state index in [1.54, 1.807) is 0 Å². The van der Waals surface area contributed by atoms with Gasteiger partial charge in [-0.1, -0.05) is 72.8 Å². The minimum atomic E-state index is -1.80. The van der Waals surface area contributed by atoms with Crippen molar-refractivity contribution in [3.05, 3.63) is 109 Å². The van der Waals surface area contributed by atoms with Gasteiger partial charge in [0.05, 0.1) is 24.2 Å². The molecule has 0 aliphatic carbocycles. The van der Waals surface area contributed by atoms with Crippen molar-refractivity contribution in [3.63, 3.8) is 0 Å². The van der Waals surface area contributed by atoms with Crippen molar-refractivity contribution in [1.29, 1.82) is 0 Å². The summed E-state index contributed by atoms with van der Waals surface area (Å²) in [5, 5.41) is 19.2. The number of carboxylic acids is 2. The summed E-state index contributed by atoms with van der Waals surface area (Å²) in [7, 11) is 0. The van der Waals surface area contributed by atoms with E-state index in [9.17, 15) is 39.0 Å². The molecule has 2 heterocycles. The molecular weight excluding hydrogens is 733 g/mol. The number of pyridine rings is 2. The molecule has 0 N–H and O–H groups in total. The van der Waals surface area contributed by atoms with Crippen LogP contribution in [0.3, 0.4) is 0 Å². The summed E-state index contributed by atoms with van der Waals surface area (Å²) in [6.07, 6.45) is 2.48. The van der Waals surface area contributed by atoms with Crippen molar-refractivity contribution in [1.82, 2.24) is 9.97 Å². The number of carboxylic acid groups (broad SMARTS) is 2. The maximum Gasteiger partial charge on any atom is 2.00 e. The monoisotopic (exact) mass is 761 g/mol. The van der Waals surface area contributed by atoms with Gasteiger partial charge in [0.2, 0.25) is 0 Å². The molecule has 2 aromatic carbocycles. The number of nitrogens with zero attached hydrogens (tertiary/aromatic N) is 2. The summed E-state index contributed by atoms with van der Waals surface area (Å²) in [6.45, 7) is 2.28. The van der Waals surface area contributed by atoms with Gasteiger partial charge in [0, 0.05) is 23.5 Å². The van der Waals surface area contributed by atoms with E-state index in [4.69, 9.17) is 0 Å². The summed E-state index contributed by atoms with van der Waals surface area (Å²) in [5.74, 6) is -6.87. The van der Waals surface area contributed by atoms with Crippen molar-refractivity contribution in [2.45, 2.75) is 26.7 Å². The van der Waals surface area contributed by atoms with Crippen molar-refractivity contribution < 1.29 is 59.1 Å². The van der Waals surface area contributed by atoms with E-state index in [-0.39, 0.29) is 20.1 Å². The maximum atomic E-state index is 10.1. The average molecular weight is 761 g/mol. The minimum absolute atomic E-state index is 0. The number of aliphatic carboxylic acids is 2. The molecule has 0 saturated heterocycles. The zero-order valence-corrected chi connectivity index (χ0v) is 25.7. The van der Waals surface area contributed by atoms with Gasteiger partial charge in [0.25, 0.3) is 0 Å². The molecule has 0 unspecified atom stereocenters. The first-order valence-corrected chi connectivity index (χ1v) is 12.4. The standard InChI is InChI=1S/2C11H9N.2C5H6O4.Ir/c2*1-2-6-10(7-3-1)11-8-4-5-9-12-11;2*1-3(6)2-4(7)5(8)9;/h2*1-9H;2*2H2,1H3,(H,8,9);/q;;;;+2/p-2. The Bertz CT molecular complexity index is 1260. The molecule has 0 amide bonds. The number of rotatable bonds is 8. The third kappa shape index (κ3) is 17.4. The number of carbonyl (C=O) groups excluding carboxylic acids is 6. The Labute approximate surface area is 262 Å². The van der Waals surface area contributed by atoms with Crippen LogP contribution in [0, 0.1) is 0 Å². The molecule has 0 spiro atoms. The van der Waals surface area contributed by atoms with E-state index in [1.165, 1.54) is 0 Å². The normalized spacial score (nSPS) is 8.98. The first kappa shape index (κ1) is 38.0. The SMILES string of the molecule is CC(=O)CC(=O)C(=O)[O-].CC(=O)CC(=O)C(=O)[O-].[Ir+2].c1ccc(-c2ccccn2)cc1.c1ccc(-c2ccccn2)cc1. The number of hydrogen-bond acceptors (Lipinski definition) is 10. The summed E-state index contributed by atoms with van der Waals surface area (Å²) in [5.41, 5.74) is 4.38. The number of ketones is 4. The Morgan fingerprint density at radius 3 is 1.02 bits per heavy atom. The fraction of sp³-hybridized carbons (Fsp3) is 0.125. The van der Waals surface area contributed by atoms with Crippen LogP contribution in [0.15, 0.2) is 109 Å². The number of aromatic nitrogens is 2. The van der Waals surface area contributed by atoms with Gasteiger partial charge in [0.1, 0.15) is 23.5 Å². The Balaban J connectivity index is 0.000000550. The minimum Gasteiger partial charge on any atom is -0.542 e. The Morgan fingerprint density at radius 1 is 0.512 bits per heavy atom. The topological polar surface area (TPSA) is 174 Å². The van der Waals surface area contributed by atoms with Crippen molar-refractivity contribution >= 4 is 35.1 Å². The van der Waals surface area contributed by atoms with Crippen LogP contribution in [-0.4, -0.2) is 45.0 Å². The van der Waals surface area contributed by atoms with Crippen molar-refractivity contribution in [3.8, 4) is 22.5 Å². The van der Waals surface area contributed by atoms with Crippen LogP contribution in [0.4, 0.5) is 0 Å². The second kappa shape index (κ2) is 21.7. The van der Waals surface area contributed by atoms with Gasteiger partial charge in [-0.2, -0.15) is 0 Å². The van der Waals surface area contributed by atoms with E-state index in [0.717, 1.165) is 36.4 Å². The third-order valence-corrected chi connectivity index (χ3v) is 4.74. The van der Waals surface area contributed by atoms with E-state index >= 15 is 0 Å². The second-order valence-electron chi connectivity index (χ2n) is 8.34. The predicted molar refractivity (Wildman–Crippen MR) is 150 cm³/mol. The first-order valence-electron chi connectivity index (χ1n) is 12.4. The quantitative estimate of drug-likeness (QED) is 0.191. The van der Waals surface area contributed by atoms with Gasteiger partial charge in [-0.05, 0) is 38.1 Å². The molecule has 2 aromatic heterocycles. The summed E-state index contributed by atoms with van der Waals surface area (Å²) in [4.78, 5) is 68.0. The molecule has 11 heteroatoms. The number of Topliss-reactive ketones (excluding diaryl/α,β-unsaturated/α-hetero) is 4. The number of carbonyl (C=O) groups is 6. The largest absolute Gasteiger partial charge is 2.00 e. The van der Waals surface area contributed by atoms with Crippen molar-refractivity contribution in [2.24, 2.45) is 0 Å². The fourth-order valence-electron chi connectivity index (χ4n) is 2.88. The van der Waals surface area contributed by atoms with Crippen molar-refractivity contribution in [2.75, 3.05) is 0 Å². The van der Waals surface area contributed by atoms with Crippen LogP contribution in [0.2, 0.25) is 0 Å². The molecule has 1 radical (unpaired) electrons. The smallest absolute Gasteiger partial charge is 0.542 e. The Hall–Kier alpha value is -4.99. The molecule has 0 saturated carbocycles. The summed E-state index contributed by atoms with van der Waals surface area (Å²) >= 11 is 0. The molecule has 0 bridgehead atoms. The fourth-order valence-corrected chi connectivity index (χ4v) is 2.88. The zero-order chi connectivity index (χ0) is 31.3.